The zero-order valence-corrected chi connectivity index (χ0v) is 17.5. The van der Waals surface area contributed by atoms with Crippen molar-refractivity contribution in [1.82, 2.24) is 24.2 Å². The van der Waals surface area contributed by atoms with Gasteiger partial charge in [0.05, 0.1) is 37.7 Å². The number of ether oxygens (including phenoxy) is 2. The standard InChI is InChI=1S/C21H25N5O4/c1-13-19(14(2)26(23-13)15-6-5-7-16(10-15)29-4)18-12-30-9-8-25(18)20(27)17-11-24(3)21(28)22-17/h5-7,10-11,18H,8-9,12H2,1-4H3,(H,22,28). The number of hydrogen-bond donors (Lipinski definition) is 1. The lowest BCUT2D eigenvalue weighted by molar-refractivity contribution is -0.00333. The molecule has 2 aromatic heterocycles. The van der Waals surface area contributed by atoms with Crippen molar-refractivity contribution in [2.24, 2.45) is 7.05 Å². The van der Waals surface area contributed by atoms with Gasteiger partial charge < -0.3 is 23.9 Å². The average molecular weight is 411 g/mol. The fraction of sp³-hybridized carbons (Fsp3) is 0.381. The molecule has 1 fully saturated rings. The summed E-state index contributed by atoms with van der Waals surface area (Å²) < 4.78 is 14.3. The Kier molecular flexibility index (Phi) is 5.21. The van der Waals surface area contributed by atoms with Crippen molar-refractivity contribution in [1.29, 1.82) is 0 Å². The molecule has 1 aliphatic rings. The molecule has 158 valence electrons. The van der Waals surface area contributed by atoms with Gasteiger partial charge in [0.2, 0.25) is 0 Å². The molecule has 1 N–H and O–H groups in total. The SMILES string of the molecule is COc1cccc(-n2nc(C)c(C3COCCN3C(=O)c3cn(C)c(=O)[nH]3)c2C)c1. The van der Waals surface area contributed by atoms with Crippen molar-refractivity contribution in [2.75, 3.05) is 26.9 Å². The van der Waals surface area contributed by atoms with Crippen molar-refractivity contribution in [3.63, 3.8) is 0 Å². The number of aromatic nitrogens is 4. The van der Waals surface area contributed by atoms with E-state index in [-0.39, 0.29) is 23.3 Å². The maximum absolute atomic E-state index is 13.2. The van der Waals surface area contributed by atoms with Gasteiger partial charge in [-0.25, -0.2) is 9.48 Å². The minimum absolute atomic E-state index is 0.228. The molecule has 0 saturated carbocycles. The van der Waals surface area contributed by atoms with Crippen LogP contribution < -0.4 is 10.4 Å². The molecule has 1 unspecified atom stereocenters. The Balaban J connectivity index is 1.73. The van der Waals surface area contributed by atoms with Gasteiger partial charge in [-0.2, -0.15) is 5.10 Å². The number of benzene rings is 1. The van der Waals surface area contributed by atoms with Gasteiger partial charge >= 0.3 is 5.69 Å². The summed E-state index contributed by atoms with van der Waals surface area (Å²) in [6.45, 7) is 5.16. The molecule has 1 aromatic carbocycles. The minimum Gasteiger partial charge on any atom is -0.497 e. The van der Waals surface area contributed by atoms with Crippen LogP contribution in [0.2, 0.25) is 0 Å². The number of rotatable bonds is 4. The van der Waals surface area contributed by atoms with Crippen LogP contribution in [0.5, 0.6) is 5.75 Å². The van der Waals surface area contributed by atoms with Crippen molar-refractivity contribution in [3.8, 4) is 11.4 Å². The predicted octanol–water partition coefficient (Wildman–Crippen LogP) is 1.74. The van der Waals surface area contributed by atoms with Gasteiger partial charge in [0, 0.05) is 37.1 Å². The molecular weight excluding hydrogens is 386 g/mol. The van der Waals surface area contributed by atoms with Crippen LogP contribution in [-0.2, 0) is 11.8 Å². The Hall–Kier alpha value is -3.33. The van der Waals surface area contributed by atoms with Crippen molar-refractivity contribution < 1.29 is 14.3 Å². The molecule has 1 saturated heterocycles. The summed E-state index contributed by atoms with van der Waals surface area (Å²) in [6.07, 6.45) is 1.52. The molecule has 4 rings (SSSR count). The number of morpholine rings is 1. The Morgan fingerprint density at radius 2 is 2.13 bits per heavy atom. The van der Waals surface area contributed by atoms with Crippen LogP contribution in [0, 0.1) is 13.8 Å². The fourth-order valence-electron chi connectivity index (χ4n) is 3.97. The number of carbonyl (C=O) groups is 1. The second-order valence-corrected chi connectivity index (χ2v) is 7.37. The van der Waals surface area contributed by atoms with Crippen LogP contribution in [0.1, 0.15) is 33.5 Å². The summed E-state index contributed by atoms with van der Waals surface area (Å²) >= 11 is 0. The number of nitrogens with zero attached hydrogens (tertiary/aromatic N) is 4. The van der Waals surface area contributed by atoms with Crippen LogP contribution in [-0.4, -0.2) is 57.0 Å². The van der Waals surface area contributed by atoms with Gasteiger partial charge in [0.15, 0.2) is 0 Å². The Bertz CT molecular complexity index is 1140. The third-order valence-electron chi connectivity index (χ3n) is 5.48. The lowest BCUT2D eigenvalue weighted by atomic mass is 10.0. The van der Waals surface area contributed by atoms with E-state index in [0.29, 0.717) is 19.8 Å². The van der Waals surface area contributed by atoms with E-state index in [4.69, 9.17) is 14.6 Å². The Morgan fingerprint density at radius 3 is 2.83 bits per heavy atom. The first-order valence-corrected chi connectivity index (χ1v) is 9.75. The van der Waals surface area contributed by atoms with Gasteiger partial charge in [-0.1, -0.05) is 6.07 Å². The van der Waals surface area contributed by atoms with Crippen LogP contribution in [0.25, 0.3) is 5.69 Å². The van der Waals surface area contributed by atoms with Crippen molar-refractivity contribution >= 4 is 5.91 Å². The summed E-state index contributed by atoms with van der Waals surface area (Å²) in [5, 5.41) is 4.72. The molecule has 1 atom stereocenters. The maximum Gasteiger partial charge on any atom is 0.325 e. The average Bonchev–Trinajstić information content (AvgIpc) is 3.25. The van der Waals surface area contributed by atoms with Crippen molar-refractivity contribution in [3.05, 3.63) is 63.6 Å². The summed E-state index contributed by atoms with van der Waals surface area (Å²) in [5.41, 5.74) is 3.53. The van der Waals surface area contributed by atoms with Crippen LogP contribution in [0.3, 0.4) is 0 Å². The highest BCUT2D eigenvalue weighted by Gasteiger charge is 2.34. The zero-order chi connectivity index (χ0) is 21.4. The second-order valence-electron chi connectivity index (χ2n) is 7.37. The molecule has 1 aliphatic heterocycles. The van der Waals surface area contributed by atoms with Crippen LogP contribution in [0.4, 0.5) is 0 Å². The third-order valence-corrected chi connectivity index (χ3v) is 5.48. The van der Waals surface area contributed by atoms with E-state index in [1.165, 1.54) is 10.8 Å². The smallest absolute Gasteiger partial charge is 0.325 e. The zero-order valence-electron chi connectivity index (χ0n) is 17.5. The highest BCUT2D eigenvalue weighted by atomic mass is 16.5. The normalized spacial score (nSPS) is 16.7. The predicted molar refractivity (Wildman–Crippen MR) is 110 cm³/mol. The van der Waals surface area contributed by atoms with E-state index in [1.54, 1.807) is 19.1 Å². The highest BCUT2D eigenvalue weighted by Crippen LogP contribution is 2.32. The molecule has 3 aromatic rings. The number of nitrogens with one attached hydrogen (secondary N) is 1. The second kappa shape index (κ2) is 7.83. The molecule has 0 bridgehead atoms. The van der Waals surface area contributed by atoms with Crippen LogP contribution >= 0.6 is 0 Å². The highest BCUT2D eigenvalue weighted by molar-refractivity contribution is 5.92. The van der Waals surface area contributed by atoms with E-state index >= 15 is 0 Å². The molecule has 30 heavy (non-hydrogen) atoms. The van der Waals surface area contributed by atoms with E-state index < -0.39 is 0 Å². The van der Waals surface area contributed by atoms with Crippen LogP contribution in [0.15, 0.2) is 35.3 Å². The number of amides is 1. The number of hydrogen-bond acceptors (Lipinski definition) is 5. The number of carbonyl (C=O) groups excluding carboxylic acids is 1. The van der Waals surface area contributed by atoms with Gasteiger partial charge in [-0.15, -0.1) is 0 Å². The van der Waals surface area contributed by atoms with Gasteiger partial charge in [0.1, 0.15) is 11.4 Å². The fourth-order valence-corrected chi connectivity index (χ4v) is 3.97. The van der Waals surface area contributed by atoms with E-state index in [2.05, 4.69) is 4.98 Å². The molecule has 1 amide bonds. The van der Waals surface area contributed by atoms with E-state index in [1.807, 2.05) is 42.8 Å². The first-order valence-electron chi connectivity index (χ1n) is 9.75. The molecule has 0 aliphatic carbocycles. The van der Waals surface area contributed by atoms with Gasteiger partial charge in [-0.05, 0) is 26.0 Å². The number of H-pyrrole nitrogens is 1. The number of methoxy groups -OCH3 is 1. The molecular formula is C21H25N5O4. The Morgan fingerprint density at radius 1 is 1.33 bits per heavy atom. The quantitative estimate of drug-likeness (QED) is 0.706. The van der Waals surface area contributed by atoms with E-state index in [0.717, 1.165) is 28.4 Å². The lowest BCUT2D eigenvalue weighted by Crippen LogP contribution is -2.44. The minimum atomic E-state index is -0.318. The lowest BCUT2D eigenvalue weighted by Gasteiger charge is -2.35. The summed E-state index contributed by atoms with van der Waals surface area (Å²) in [6, 6.07) is 7.37. The molecule has 3 heterocycles. The largest absolute Gasteiger partial charge is 0.497 e. The van der Waals surface area contributed by atoms with Crippen molar-refractivity contribution in [2.45, 2.75) is 19.9 Å². The molecule has 9 nitrogen and oxygen atoms in total. The number of imidazole rings is 1. The van der Waals surface area contributed by atoms with Gasteiger partial charge in [-0.3, -0.25) is 4.79 Å². The number of aryl methyl sites for hydroxylation is 2. The first kappa shape index (κ1) is 20.0. The Labute approximate surface area is 173 Å². The molecule has 0 radical (unpaired) electrons. The first-order chi connectivity index (χ1) is 14.4. The molecule has 0 spiro atoms. The number of aromatic amines is 1. The summed E-state index contributed by atoms with van der Waals surface area (Å²) in [4.78, 5) is 29.3. The monoisotopic (exact) mass is 411 g/mol. The van der Waals surface area contributed by atoms with Gasteiger partial charge in [0.25, 0.3) is 5.91 Å². The summed E-state index contributed by atoms with van der Waals surface area (Å²) in [5.74, 6) is 0.515. The topological polar surface area (TPSA) is 94.4 Å². The van der Waals surface area contributed by atoms with E-state index in [9.17, 15) is 9.59 Å². The summed E-state index contributed by atoms with van der Waals surface area (Å²) in [7, 11) is 3.24. The maximum atomic E-state index is 13.2. The molecule has 9 heteroatoms. The third kappa shape index (κ3) is 3.41.